The van der Waals surface area contributed by atoms with Crippen molar-refractivity contribution in [2.24, 2.45) is 5.10 Å². The Hall–Kier alpha value is -4.13. The van der Waals surface area contributed by atoms with E-state index in [0.29, 0.717) is 29.2 Å². The molecule has 0 fully saturated rings. The average Bonchev–Trinajstić information content (AvgIpc) is 2.81. The Balaban J connectivity index is 1.64. The number of nitrogens with zero attached hydrogens (tertiary/aromatic N) is 1. The summed E-state index contributed by atoms with van der Waals surface area (Å²) in [7, 11) is 1.56. The molecule has 7 heteroatoms. The molecule has 0 saturated heterocycles. The summed E-state index contributed by atoms with van der Waals surface area (Å²) in [5.74, 6) is 0.605. The molecule has 1 amide bonds. The predicted octanol–water partition coefficient (Wildman–Crippen LogP) is 4.01. The molecule has 0 atom stereocenters. The summed E-state index contributed by atoms with van der Waals surface area (Å²) in [5, 5.41) is 3.99. The fraction of sp³-hybridized carbons (Fsp3) is 0.160. The molecule has 0 aliphatic carbocycles. The number of esters is 1. The van der Waals surface area contributed by atoms with Crippen molar-refractivity contribution in [3.8, 4) is 17.2 Å². The molecule has 3 aromatic rings. The van der Waals surface area contributed by atoms with Crippen LogP contribution in [0.1, 0.15) is 28.4 Å². The molecule has 0 aliphatic rings. The third-order valence-electron chi connectivity index (χ3n) is 4.41. The molecule has 0 spiro atoms. The van der Waals surface area contributed by atoms with Gasteiger partial charge in [-0.25, -0.2) is 10.2 Å². The summed E-state index contributed by atoms with van der Waals surface area (Å²) in [6, 6.07) is 21.1. The van der Waals surface area contributed by atoms with Crippen molar-refractivity contribution in [2.75, 3.05) is 13.7 Å². The molecule has 0 radical (unpaired) electrons. The van der Waals surface area contributed by atoms with Crippen LogP contribution in [-0.2, 0) is 11.2 Å². The molecule has 164 valence electrons. The molecule has 0 saturated carbocycles. The maximum Gasteiger partial charge on any atom is 0.343 e. The van der Waals surface area contributed by atoms with Gasteiger partial charge in [-0.3, -0.25) is 4.79 Å². The zero-order chi connectivity index (χ0) is 22.8. The number of benzene rings is 3. The van der Waals surface area contributed by atoms with E-state index >= 15 is 0 Å². The number of hydrogen-bond donors (Lipinski definition) is 1. The lowest BCUT2D eigenvalue weighted by molar-refractivity contribution is -0.120. The quantitative estimate of drug-likeness (QED) is 0.239. The van der Waals surface area contributed by atoms with Crippen LogP contribution in [0.2, 0.25) is 0 Å². The molecule has 0 aromatic heterocycles. The Morgan fingerprint density at radius 1 is 0.969 bits per heavy atom. The highest BCUT2D eigenvalue weighted by Crippen LogP contribution is 2.29. The van der Waals surface area contributed by atoms with Crippen LogP contribution >= 0.6 is 0 Å². The van der Waals surface area contributed by atoms with Gasteiger partial charge < -0.3 is 14.2 Å². The Bertz CT molecular complexity index is 1080. The smallest absolute Gasteiger partial charge is 0.343 e. The number of ether oxygens (including phenoxy) is 3. The van der Waals surface area contributed by atoms with Crippen molar-refractivity contribution < 1.29 is 23.8 Å². The van der Waals surface area contributed by atoms with E-state index in [1.165, 1.54) is 6.21 Å². The first-order chi connectivity index (χ1) is 15.6. The maximum absolute atomic E-state index is 12.5. The standard InChI is InChI=1S/C25H24N2O5/c1-3-31-23-15-19(17-26-27-24(28)16-18-7-5-4-6-8-18)9-14-22(23)32-25(29)20-10-12-21(30-2)13-11-20/h4-15,17H,3,16H2,1-2H3,(H,27,28). The molecule has 0 aliphatic heterocycles. The lowest BCUT2D eigenvalue weighted by Gasteiger charge is -2.11. The van der Waals surface area contributed by atoms with Gasteiger partial charge in [-0.1, -0.05) is 30.3 Å². The van der Waals surface area contributed by atoms with Crippen LogP contribution < -0.4 is 19.6 Å². The van der Waals surface area contributed by atoms with Gasteiger partial charge in [0.15, 0.2) is 11.5 Å². The lowest BCUT2D eigenvalue weighted by Crippen LogP contribution is -2.19. The molecule has 7 nitrogen and oxygen atoms in total. The molecule has 1 N–H and O–H groups in total. The normalized spacial score (nSPS) is 10.6. The number of carbonyl (C=O) groups excluding carboxylic acids is 2. The van der Waals surface area contributed by atoms with Gasteiger partial charge >= 0.3 is 5.97 Å². The minimum atomic E-state index is -0.511. The number of carbonyl (C=O) groups is 2. The summed E-state index contributed by atoms with van der Waals surface area (Å²) in [4.78, 5) is 24.5. The summed E-state index contributed by atoms with van der Waals surface area (Å²) < 4.78 is 16.2. The van der Waals surface area contributed by atoms with Gasteiger partial charge in [0.05, 0.1) is 31.9 Å². The highest BCUT2D eigenvalue weighted by molar-refractivity contribution is 5.92. The average molecular weight is 432 g/mol. The Labute approximate surface area is 186 Å². The summed E-state index contributed by atoms with van der Waals surface area (Å²) in [6.07, 6.45) is 1.74. The van der Waals surface area contributed by atoms with Crippen LogP contribution in [0.3, 0.4) is 0 Å². The van der Waals surface area contributed by atoms with E-state index in [-0.39, 0.29) is 18.1 Å². The minimum Gasteiger partial charge on any atom is -0.497 e. The lowest BCUT2D eigenvalue weighted by atomic mass is 10.1. The SMILES string of the molecule is CCOc1cc(C=NNC(=O)Cc2ccccc2)ccc1OC(=O)c1ccc(OC)cc1. The molecular weight excluding hydrogens is 408 g/mol. The van der Waals surface area contributed by atoms with E-state index in [1.807, 2.05) is 37.3 Å². The fourth-order valence-electron chi connectivity index (χ4n) is 2.84. The van der Waals surface area contributed by atoms with E-state index in [9.17, 15) is 9.59 Å². The number of methoxy groups -OCH3 is 1. The molecule has 32 heavy (non-hydrogen) atoms. The highest BCUT2D eigenvalue weighted by Gasteiger charge is 2.13. The van der Waals surface area contributed by atoms with E-state index in [1.54, 1.807) is 49.6 Å². The predicted molar refractivity (Wildman–Crippen MR) is 121 cm³/mol. The van der Waals surface area contributed by atoms with Gasteiger partial charge in [-0.2, -0.15) is 5.10 Å². The first kappa shape index (κ1) is 22.6. The summed E-state index contributed by atoms with van der Waals surface area (Å²) >= 11 is 0. The van der Waals surface area contributed by atoms with Crippen molar-refractivity contribution in [3.63, 3.8) is 0 Å². The van der Waals surface area contributed by atoms with Crippen molar-refractivity contribution in [1.82, 2.24) is 5.43 Å². The zero-order valence-corrected chi connectivity index (χ0v) is 17.9. The van der Waals surface area contributed by atoms with Crippen LogP contribution in [0.25, 0.3) is 0 Å². The number of nitrogens with one attached hydrogen (secondary N) is 1. The monoisotopic (exact) mass is 432 g/mol. The topological polar surface area (TPSA) is 86.2 Å². The van der Waals surface area contributed by atoms with Gasteiger partial charge in [0, 0.05) is 0 Å². The molecule has 0 unspecified atom stereocenters. The number of amides is 1. The second-order valence-electron chi connectivity index (χ2n) is 6.71. The first-order valence-corrected chi connectivity index (χ1v) is 10.1. The fourth-order valence-corrected chi connectivity index (χ4v) is 2.84. The van der Waals surface area contributed by atoms with Gasteiger partial charge in [-0.15, -0.1) is 0 Å². The Morgan fingerprint density at radius 2 is 1.72 bits per heavy atom. The van der Waals surface area contributed by atoms with Gasteiger partial charge in [0.2, 0.25) is 5.91 Å². The van der Waals surface area contributed by atoms with Crippen LogP contribution in [0, 0.1) is 0 Å². The molecular formula is C25H24N2O5. The first-order valence-electron chi connectivity index (χ1n) is 10.1. The highest BCUT2D eigenvalue weighted by atomic mass is 16.6. The van der Waals surface area contributed by atoms with Crippen LogP contribution in [0.4, 0.5) is 0 Å². The van der Waals surface area contributed by atoms with Crippen molar-refractivity contribution in [3.05, 3.63) is 89.5 Å². The van der Waals surface area contributed by atoms with E-state index in [0.717, 1.165) is 5.56 Å². The number of hydrazone groups is 1. The van der Waals surface area contributed by atoms with Gasteiger partial charge in [0.1, 0.15) is 5.75 Å². The summed E-state index contributed by atoms with van der Waals surface area (Å²) in [6.45, 7) is 2.22. The van der Waals surface area contributed by atoms with Crippen LogP contribution in [0.15, 0.2) is 77.9 Å². The largest absolute Gasteiger partial charge is 0.497 e. The Morgan fingerprint density at radius 3 is 2.41 bits per heavy atom. The third kappa shape index (κ3) is 6.43. The van der Waals surface area contributed by atoms with Crippen LogP contribution in [-0.4, -0.2) is 31.8 Å². The van der Waals surface area contributed by atoms with Crippen molar-refractivity contribution in [1.29, 1.82) is 0 Å². The van der Waals surface area contributed by atoms with Gasteiger partial charge in [0.25, 0.3) is 0 Å². The number of hydrogen-bond acceptors (Lipinski definition) is 6. The molecule has 3 aromatic carbocycles. The number of rotatable bonds is 9. The van der Waals surface area contributed by atoms with E-state index in [2.05, 4.69) is 10.5 Å². The third-order valence-corrected chi connectivity index (χ3v) is 4.41. The molecule has 3 rings (SSSR count). The Kier molecular flexibility index (Phi) is 7.97. The second-order valence-corrected chi connectivity index (χ2v) is 6.71. The van der Waals surface area contributed by atoms with Crippen LogP contribution in [0.5, 0.6) is 17.2 Å². The van der Waals surface area contributed by atoms with Gasteiger partial charge in [-0.05, 0) is 60.5 Å². The van der Waals surface area contributed by atoms with Crippen molar-refractivity contribution >= 4 is 18.1 Å². The minimum absolute atomic E-state index is 0.220. The van der Waals surface area contributed by atoms with E-state index in [4.69, 9.17) is 14.2 Å². The molecule has 0 bridgehead atoms. The van der Waals surface area contributed by atoms with Crippen molar-refractivity contribution in [2.45, 2.75) is 13.3 Å². The maximum atomic E-state index is 12.5. The summed E-state index contributed by atoms with van der Waals surface area (Å²) in [5.41, 5.74) is 4.47. The second kappa shape index (κ2) is 11.3. The molecule has 0 heterocycles. The zero-order valence-electron chi connectivity index (χ0n) is 17.9. The van der Waals surface area contributed by atoms with E-state index < -0.39 is 5.97 Å².